The van der Waals surface area contributed by atoms with Gasteiger partial charge in [-0.25, -0.2) is 9.97 Å². The van der Waals surface area contributed by atoms with Crippen molar-refractivity contribution >= 4 is 28.9 Å². The Morgan fingerprint density at radius 3 is 2.41 bits per heavy atom. The molecule has 0 amide bonds. The molecule has 3 N–H and O–H groups in total. The molecule has 0 saturated heterocycles. The zero-order chi connectivity index (χ0) is 12.4. The first-order valence-electron chi connectivity index (χ1n) is 5.17. The molecule has 0 fully saturated rings. The highest BCUT2D eigenvalue weighted by atomic mass is 35.5. The number of halogens is 1. The lowest BCUT2D eigenvalue weighted by molar-refractivity contribution is 1.16. The first kappa shape index (κ1) is 11.7. The molecule has 0 spiro atoms. The van der Waals surface area contributed by atoms with Gasteiger partial charge in [0.25, 0.3) is 0 Å². The zero-order valence-electron chi connectivity index (χ0n) is 9.66. The van der Waals surface area contributed by atoms with Gasteiger partial charge in [0, 0.05) is 0 Å². The third-order valence-electron chi connectivity index (χ3n) is 2.34. The third-order valence-corrected chi connectivity index (χ3v) is 2.64. The second-order valence-corrected chi connectivity index (χ2v) is 4.31. The topological polar surface area (TPSA) is 63.8 Å². The summed E-state index contributed by atoms with van der Waals surface area (Å²) in [6.07, 6.45) is 3.10. The van der Waals surface area contributed by atoms with E-state index in [0.29, 0.717) is 16.7 Å². The van der Waals surface area contributed by atoms with Gasteiger partial charge >= 0.3 is 0 Å². The highest BCUT2D eigenvalue weighted by Crippen LogP contribution is 2.29. The average molecular weight is 249 g/mol. The zero-order valence-corrected chi connectivity index (χ0v) is 10.4. The Morgan fingerprint density at radius 1 is 1.18 bits per heavy atom. The molecule has 4 nitrogen and oxygen atoms in total. The largest absolute Gasteiger partial charge is 0.396 e. The third kappa shape index (κ3) is 2.65. The fourth-order valence-corrected chi connectivity index (χ4v) is 1.96. The molecule has 2 aromatic rings. The van der Waals surface area contributed by atoms with E-state index >= 15 is 0 Å². The van der Waals surface area contributed by atoms with Crippen molar-refractivity contribution in [1.29, 1.82) is 0 Å². The van der Waals surface area contributed by atoms with Gasteiger partial charge in [0.2, 0.25) is 5.95 Å². The molecule has 17 heavy (non-hydrogen) atoms. The van der Waals surface area contributed by atoms with E-state index in [9.17, 15) is 0 Å². The van der Waals surface area contributed by atoms with Crippen molar-refractivity contribution in [2.75, 3.05) is 11.1 Å². The Bertz CT molecular complexity index is 514. The monoisotopic (exact) mass is 248 g/mol. The molecule has 0 aliphatic carbocycles. The maximum atomic E-state index is 6.17. The van der Waals surface area contributed by atoms with Crippen LogP contribution in [0.1, 0.15) is 11.1 Å². The summed E-state index contributed by atoms with van der Waals surface area (Å²) < 4.78 is 0. The lowest BCUT2D eigenvalue weighted by atomic mass is 10.1. The predicted octanol–water partition coefficient (Wildman–Crippen LogP) is 3.07. The SMILES string of the molecule is Cc1cc(C)c(Nc2ncc(N)cn2)c(Cl)c1. The molecular weight excluding hydrogens is 236 g/mol. The predicted molar refractivity (Wildman–Crippen MR) is 70.7 cm³/mol. The molecular formula is C12H13ClN4. The lowest BCUT2D eigenvalue weighted by Crippen LogP contribution is -2.00. The van der Waals surface area contributed by atoms with Crippen molar-refractivity contribution in [1.82, 2.24) is 9.97 Å². The second-order valence-electron chi connectivity index (χ2n) is 3.90. The van der Waals surface area contributed by atoms with Crippen LogP contribution in [0, 0.1) is 13.8 Å². The van der Waals surface area contributed by atoms with Crippen LogP contribution in [-0.2, 0) is 0 Å². The Labute approximate surface area is 105 Å². The maximum Gasteiger partial charge on any atom is 0.227 e. The highest BCUT2D eigenvalue weighted by Gasteiger charge is 2.06. The normalized spacial score (nSPS) is 10.3. The Hall–Kier alpha value is -1.81. The van der Waals surface area contributed by atoms with Crippen LogP contribution in [0.2, 0.25) is 5.02 Å². The van der Waals surface area contributed by atoms with Crippen LogP contribution in [0.3, 0.4) is 0 Å². The van der Waals surface area contributed by atoms with E-state index < -0.39 is 0 Å². The van der Waals surface area contributed by atoms with Crippen LogP contribution >= 0.6 is 11.6 Å². The van der Waals surface area contributed by atoms with E-state index in [2.05, 4.69) is 15.3 Å². The number of nitrogens with one attached hydrogen (secondary N) is 1. The number of nitrogen functional groups attached to an aromatic ring is 1. The van der Waals surface area contributed by atoms with Gasteiger partial charge in [0.1, 0.15) is 0 Å². The molecule has 5 heteroatoms. The number of aryl methyl sites for hydroxylation is 2. The number of hydrogen-bond acceptors (Lipinski definition) is 4. The van der Waals surface area contributed by atoms with E-state index in [1.807, 2.05) is 26.0 Å². The Balaban J connectivity index is 2.33. The number of anilines is 3. The minimum atomic E-state index is 0.480. The summed E-state index contributed by atoms with van der Waals surface area (Å²) in [5.74, 6) is 0.480. The van der Waals surface area contributed by atoms with Crippen LogP contribution in [-0.4, -0.2) is 9.97 Å². The summed E-state index contributed by atoms with van der Waals surface area (Å²) in [6.45, 7) is 3.99. The molecule has 0 atom stereocenters. The first-order chi connectivity index (χ1) is 8.06. The van der Waals surface area contributed by atoms with Gasteiger partial charge in [-0.1, -0.05) is 17.7 Å². The molecule has 88 valence electrons. The minimum Gasteiger partial charge on any atom is -0.396 e. The van der Waals surface area contributed by atoms with E-state index in [1.165, 1.54) is 0 Å². The molecule has 1 heterocycles. The molecule has 0 aliphatic rings. The average Bonchev–Trinajstić information content (AvgIpc) is 2.26. The highest BCUT2D eigenvalue weighted by molar-refractivity contribution is 6.33. The molecule has 0 bridgehead atoms. The van der Waals surface area contributed by atoms with Crippen LogP contribution in [0.5, 0.6) is 0 Å². The number of benzene rings is 1. The standard InChI is InChI=1S/C12H13ClN4/c1-7-3-8(2)11(10(13)4-7)17-12-15-5-9(14)6-16-12/h3-6H,14H2,1-2H3,(H,15,16,17). The molecule has 0 unspecified atom stereocenters. The molecule has 0 radical (unpaired) electrons. The number of rotatable bonds is 2. The number of nitrogens with zero attached hydrogens (tertiary/aromatic N) is 2. The van der Waals surface area contributed by atoms with Crippen molar-refractivity contribution in [3.63, 3.8) is 0 Å². The van der Waals surface area contributed by atoms with Gasteiger partial charge in [-0.3, -0.25) is 0 Å². The molecule has 0 saturated carbocycles. The van der Waals surface area contributed by atoms with Gasteiger partial charge < -0.3 is 11.1 Å². The van der Waals surface area contributed by atoms with Crippen LogP contribution in [0.25, 0.3) is 0 Å². The van der Waals surface area contributed by atoms with Crippen LogP contribution < -0.4 is 11.1 Å². The van der Waals surface area contributed by atoms with Crippen molar-refractivity contribution in [2.24, 2.45) is 0 Å². The van der Waals surface area contributed by atoms with Crippen LogP contribution in [0.4, 0.5) is 17.3 Å². The Kier molecular flexibility index (Phi) is 3.15. The van der Waals surface area contributed by atoms with Crippen molar-refractivity contribution in [3.8, 4) is 0 Å². The van der Waals surface area contributed by atoms with Crippen molar-refractivity contribution < 1.29 is 0 Å². The number of aromatic nitrogens is 2. The quantitative estimate of drug-likeness (QED) is 0.857. The van der Waals surface area contributed by atoms with E-state index in [1.54, 1.807) is 12.4 Å². The van der Waals surface area contributed by atoms with E-state index in [4.69, 9.17) is 17.3 Å². The fraction of sp³-hybridized carbons (Fsp3) is 0.167. The minimum absolute atomic E-state index is 0.480. The molecule has 0 aliphatic heterocycles. The fourth-order valence-electron chi connectivity index (χ4n) is 1.59. The summed E-state index contributed by atoms with van der Waals surface area (Å²) in [5, 5.41) is 3.74. The number of nitrogens with two attached hydrogens (primary N) is 1. The number of hydrogen-bond donors (Lipinski definition) is 2. The molecule has 1 aromatic carbocycles. The lowest BCUT2D eigenvalue weighted by Gasteiger charge is -2.11. The van der Waals surface area contributed by atoms with Gasteiger partial charge in [-0.2, -0.15) is 0 Å². The summed E-state index contributed by atoms with van der Waals surface area (Å²) in [5.41, 5.74) is 9.04. The summed E-state index contributed by atoms with van der Waals surface area (Å²) in [4.78, 5) is 8.14. The van der Waals surface area contributed by atoms with Crippen LogP contribution in [0.15, 0.2) is 24.5 Å². The summed E-state index contributed by atoms with van der Waals surface area (Å²) in [6, 6.07) is 3.94. The summed E-state index contributed by atoms with van der Waals surface area (Å²) >= 11 is 6.17. The summed E-state index contributed by atoms with van der Waals surface area (Å²) in [7, 11) is 0. The van der Waals surface area contributed by atoms with E-state index in [0.717, 1.165) is 16.8 Å². The molecule has 1 aromatic heterocycles. The van der Waals surface area contributed by atoms with E-state index in [-0.39, 0.29) is 0 Å². The second kappa shape index (κ2) is 4.59. The maximum absolute atomic E-state index is 6.17. The van der Waals surface area contributed by atoms with Crippen molar-refractivity contribution in [2.45, 2.75) is 13.8 Å². The van der Waals surface area contributed by atoms with Crippen molar-refractivity contribution in [3.05, 3.63) is 40.7 Å². The van der Waals surface area contributed by atoms with Gasteiger partial charge in [0.15, 0.2) is 0 Å². The Morgan fingerprint density at radius 2 is 1.82 bits per heavy atom. The molecule has 2 rings (SSSR count). The smallest absolute Gasteiger partial charge is 0.227 e. The van der Waals surface area contributed by atoms with Gasteiger partial charge in [0.05, 0.1) is 28.8 Å². The van der Waals surface area contributed by atoms with Gasteiger partial charge in [-0.15, -0.1) is 0 Å². The van der Waals surface area contributed by atoms with Gasteiger partial charge in [-0.05, 0) is 31.0 Å². The first-order valence-corrected chi connectivity index (χ1v) is 5.55.